The van der Waals surface area contributed by atoms with Crippen molar-refractivity contribution < 1.29 is 29.0 Å². The van der Waals surface area contributed by atoms with Gasteiger partial charge in [-0.3, -0.25) is 14.4 Å². The lowest BCUT2D eigenvalue weighted by Crippen LogP contribution is -2.59. The molecule has 0 aromatic carbocycles. The zero-order valence-corrected chi connectivity index (χ0v) is 23.3. The highest BCUT2D eigenvalue weighted by Crippen LogP contribution is 2.65. The van der Waals surface area contributed by atoms with Gasteiger partial charge in [0.15, 0.2) is 0 Å². The van der Waals surface area contributed by atoms with Crippen LogP contribution < -0.4 is 0 Å². The second-order valence-corrected chi connectivity index (χ2v) is 11.6. The number of aliphatic hydroxyl groups is 1. The third-order valence-electron chi connectivity index (χ3n) is 8.60. The topological polar surface area (TPSA) is 96.4 Å². The molecule has 3 heterocycles. The number of carbonyl (C=O) groups excluding carboxylic acids is 3. The Balaban J connectivity index is 2.12. The molecule has 1 spiro atoms. The second-order valence-electron chi connectivity index (χ2n) is 11.6. The molecule has 0 aromatic rings. The fraction of sp³-hybridized carbons (Fsp3) is 0.759. The Morgan fingerprint density at radius 2 is 2.03 bits per heavy atom. The van der Waals surface area contributed by atoms with Crippen molar-refractivity contribution in [1.29, 1.82) is 0 Å². The molecule has 3 rings (SSSR count). The molecule has 208 valence electrons. The number of unbranched alkanes of at least 4 members (excludes halogenated alkanes) is 1. The van der Waals surface area contributed by atoms with Crippen LogP contribution in [0.2, 0.25) is 0 Å². The van der Waals surface area contributed by atoms with Crippen molar-refractivity contribution in [2.45, 2.75) is 90.0 Å². The zero-order chi connectivity index (χ0) is 27.5. The van der Waals surface area contributed by atoms with Gasteiger partial charge >= 0.3 is 5.97 Å². The van der Waals surface area contributed by atoms with E-state index in [0.717, 1.165) is 12.8 Å². The van der Waals surface area contributed by atoms with Crippen molar-refractivity contribution in [1.82, 2.24) is 9.80 Å². The van der Waals surface area contributed by atoms with Crippen molar-refractivity contribution in [3.05, 3.63) is 25.3 Å². The molecule has 8 nitrogen and oxygen atoms in total. The minimum Gasteiger partial charge on any atom is -0.465 e. The van der Waals surface area contributed by atoms with Crippen LogP contribution in [0.3, 0.4) is 0 Å². The molecule has 3 aliphatic rings. The number of fused-ring (bicyclic) bond motifs is 1. The Bertz CT molecular complexity index is 890. The monoisotopic (exact) mass is 518 g/mol. The number of likely N-dealkylation sites (tertiary alicyclic amines) is 1. The SMILES string of the molecule is C=CCCOC(=O)[C@@H]1[C@H]2C(=O)N([C@@H](CO)CC(C)C)C(C(=O)N(CC=C)CCCC)C23CC(C)[C@@]1(C)O3. The Kier molecular flexibility index (Phi) is 9.27. The molecule has 7 atom stereocenters. The maximum absolute atomic E-state index is 14.3. The van der Waals surface area contributed by atoms with Gasteiger partial charge in [-0.1, -0.05) is 46.3 Å². The Labute approximate surface area is 222 Å². The van der Waals surface area contributed by atoms with Gasteiger partial charge in [0.05, 0.1) is 30.8 Å². The van der Waals surface area contributed by atoms with Crippen molar-refractivity contribution in [3.63, 3.8) is 0 Å². The predicted octanol–water partition coefficient (Wildman–Crippen LogP) is 3.34. The molecule has 1 N–H and O–H groups in total. The highest BCUT2D eigenvalue weighted by molar-refractivity contribution is 5.98. The summed E-state index contributed by atoms with van der Waals surface area (Å²) in [6, 6.07) is -1.48. The number of hydrogen-bond donors (Lipinski definition) is 1. The van der Waals surface area contributed by atoms with E-state index >= 15 is 0 Å². The average Bonchev–Trinajstić information content (AvgIpc) is 3.36. The number of aliphatic hydroxyl groups excluding tert-OH is 1. The van der Waals surface area contributed by atoms with Crippen LogP contribution in [0.5, 0.6) is 0 Å². The fourth-order valence-corrected chi connectivity index (χ4v) is 6.83. The third kappa shape index (κ3) is 4.99. The van der Waals surface area contributed by atoms with Crippen LogP contribution >= 0.6 is 0 Å². The summed E-state index contributed by atoms with van der Waals surface area (Å²) in [6.45, 7) is 18.3. The lowest BCUT2D eigenvalue weighted by Gasteiger charge is -2.40. The van der Waals surface area contributed by atoms with Crippen molar-refractivity contribution in [2.75, 3.05) is 26.3 Å². The summed E-state index contributed by atoms with van der Waals surface area (Å²) in [6.07, 6.45) is 6.63. The Morgan fingerprint density at radius 1 is 1.32 bits per heavy atom. The molecule has 37 heavy (non-hydrogen) atoms. The molecule has 0 aliphatic carbocycles. The van der Waals surface area contributed by atoms with Gasteiger partial charge in [0.2, 0.25) is 11.8 Å². The van der Waals surface area contributed by atoms with Crippen LogP contribution in [-0.4, -0.2) is 82.3 Å². The normalized spacial score (nSPS) is 32.9. The van der Waals surface area contributed by atoms with E-state index in [1.807, 2.05) is 27.7 Å². The van der Waals surface area contributed by atoms with E-state index in [4.69, 9.17) is 9.47 Å². The zero-order valence-electron chi connectivity index (χ0n) is 23.3. The van der Waals surface area contributed by atoms with E-state index in [1.54, 1.807) is 22.0 Å². The van der Waals surface area contributed by atoms with Crippen LogP contribution in [0, 0.1) is 23.7 Å². The molecule has 8 heteroatoms. The van der Waals surface area contributed by atoms with Crippen molar-refractivity contribution >= 4 is 17.8 Å². The number of amides is 2. The molecule has 0 radical (unpaired) electrons. The Morgan fingerprint density at radius 3 is 2.59 bits per heavy atom. The number of hydrogen-bond acceptors (Lipinski definition) is 6. The van der Waals surface area contributed by atoms with Gasteiger partial charge in [0.25, 0.3) is 0 Å². The van der Waals surface area contributed by atoms with Gasteiger partial charge < -0.3 is 24.4 Å². The lowest BCUT2D eigenvalue weighted by molar-refractivity contribution is -0.163. The average molecular weight is 519 g/mol. The van der Waals surface area contributed by atoms with Crippen molar-refractivity contribution in [3.8, 4) is 0 Å². The maximum Gasteiger partial charge on any atom is 0.312 e. The van der Waals surface area contributed by atoms with E-state index in [2.05, 4.69) is 20.1 Å². The van der Waals surface area contributed by atoms with E-state index in [0.29, 0.717) is 32.4 Å². The standard InChI is InChI=1S/C29H46N2O6/c1-8-11-14-30(13-10-3)26(34)24-29-17-20(6)28(7,37-29)23(27(35)36-15-12-9-2)22(29)25(33)31(24)21(18-32)16-19(4)5/h9-10,19-24,32H,2-3,8,11-18H2,1,4-7H3/t20?,21-,22+,23+,24?,28-,29?/m1/s1. The molecular formula is C29H46N2O6. The molecule has 0 saturated carbocycles. The smallest absolute Gasteiger partial charge is 0.312 e. The first kappa shape index (κ1) is 29.4. The van der Waals surface area contributed by atoms with Crippen LogP contribution in [-0.2, 0) is 23.9 Å². The molecule has 3 aliphatic heterocycles. The first-order valence-corrected chi connectivity index (χ1v) is 13.8. The summed E-state index contributed by atoms with van der Waals surface area (Å²) in [4.78, 5) is 45.4. The minimum absolute atomic E-state index is 0.0649. The molecular weight excluding hydrogens is 472 g/mol. The molecule has 0 aromatic heterocycles. The number of esters is 1. The largest absolute Gasteiger partial charge is 0.465 e. The minimum atomic E-state index is -1.15. The third-order valence-corrected chi connectivity index (χ3v) is 8.60. The van der Waals surface area contributed by atoms with Crippen LogP contribution in [0.15, 0.2) is 25.3 Å². The van der Waals surface area contributed by atoms with Gasteiger partial charge in [-0.15, -0.1) is 13.2 Å². The summed E-state index contributed by atoms with van der Waals surface area (Å²) in [5, 5.41) is 10.4. The van der Waals surface area contributed by atoms with Crippen molar-refractivity contribution in [2.24, 2.45) is 23.7 Å². The van der Waals surface area contributed by atoms with Crippen LogP contribution in [0.25, 0.3) is 0 Å². The number of nitrogens with zero attached hydrogens (tertiary/aromatic N) is 2. The van der Waals surface area contributed by atoms with Gasteiger partial charge in [-0.2, -0.15) is 0 Å². The summed E-state index contributed by atoms with van der Waals surface area (Å²) in [5.74, 6) is -2.51. The summed E-state index contributed by atoms with van der Waals surface area (Å²) < 4.78 is 12.3. The molecule has 3 unspecified atom stereocenters. The predicted molar refractivity (Wildman–Crippen MR) is 141 cm³/mol. The maximum atomic E-state index is 14.3. The second kappa shape index (κ2) is 11.7. The molecule has 2 bridgehead atoms. The highest BCUT2D eigenvalue weighted by atomic mass is 16.6. The summed E-state index contributed by atoms with van der Waals surface area (Å²) in [7, 11) is 0. The van der Waals surface area contributed by atoms with E-state index in [1.165, 1.54) is 0 Å². The first-order valence-electron chi connectivity index (χ1n) is 13.8. The van der Waals surface area contributed by atoms with Gasteiger partial charge in [-0.25, -0.2) is 0 Å². The number of rotatable bonds is 14. The van der Waals surface area contributed by atoms with Gasteiger partial charge in [-0.05, 0) is 44.4 Å². The lowest BCUT2D eigenvalue weighted by atomic mass is 9.62. The Hall–Kier alpha value is -2.19. The van der Waals surface area contributed by atoms with E-state index in [9.17, 15) is 19.5 Å². The van der Waals surface area contributed by atoms with Crippen LogP contribution in [0.1, 0.15) is 66.7 Å². The van der Waals surface area contributed by atoms with E-state index in [-0.39, 0.29) is 36.9 Å². The fourth-order valence-electron chi connectivity index (χ4n) is 6.83. The van der Waals surface area contributed by atoms with Crippen LogP contribution in [0.4, 0.5) is 0 Å². The molecule has 3 saturated heterocycles. The summed E-state index contributed by atoms with van der Waals surface area (Å²) >= 11 is 0. The summed E-state index contributed by atoms with van der Waals surface area (Å²) in [5.41, 5.74) is -2.07. The first-order chi connectivity index (χ1) is 17.5. The number of ether oxygens (including phenoxy) is 2. The highest BCUT2D eigenvalue weighted by Gasteiger charge is 2.80. The molecule has 2 amide bonds. The number of carbonyl (C=O) groups is 3. The van der Waals surface area contributed by atoms with Gasteiger partial charge in [0.1, 0.15) is 17.6 Å². The van der Waals surface area contributed by atoms with Gasteiger partial charge in [0, 0.05) is 13.1 Å². The molecule has 3 fully saturated rings. The van der Waals surface area contributed by atoms with E-state index < -0.39 is 41.1 Å². The quantitative estimate of drug-likeness (QED) is 0.215.